The molecule has 0 spiro atoms. The Morgan fingerprint density at radius 2 is 1.72 bits per heavy atom. The molecule has 0 aliphatic heterocycles. The molecule has 3 aromatic carbocycles. The van der Waals surface area contributed by atoms with Crippen LogP contribution < -0.4 is 9.62 Å². The molecular formula is C24H21N3O4S. The van der Waals surface area contributed by atoms with Crippen LogP contribution in [0.1, 0.15) is 15.9 Å². The van der Waals surface area contributed by atoms with Crippen molar-refractivity contribution < 1.29 is 17.6 Å². The Morgan fingerprint density at radius 3 is 2.38 bits per heavy atom. The van der Waals surface area contributed by atoms with Crippen molar-refractivity contribution in [2.45, 2.75) is 11.8 Å². The Labute approximate surface area is 186 Å². The molecule has 32 heavy (non-hydrogen) atoms. The molecule has 8 heteroatoms. The molecule has 0 aliphatic carbocycles. The molecule has 4 aromatic rings. The van der Waals surface area contributed by atoms with E-state index in [-0.39, 0.29) is 10.5 Å². The minimum absolute atomic E-state index is 0.0360. The van der Waals surface area contributed by atoms with Gasteiger partial charge in [-0.05, 0) is 61.5 Å². The first-order chi connectivity index (χ1) is 15.3. The van der Waals surface area contributed by atoms with Gasteiger partial charge in [-0.15, -0.1) is 0 Å². The van der Waals surface area contributed by atoms with E-state index in [1.54, 1.807) is 54.7 Å². The Bertz CT molecular complexity index is 1330. The van der Waals surface area contributed by atoms with Crippen LogP contribution in [0.3, 0.4) is 0 Å². The van der Waals surface area contributed by atoms with Crippen LogP contribution in [0.15, 0.2) is 94.7 Å². The quantitative estimate of drug-likeness (QED) is 0.461. The van der Waals surface area contributed by atoms with Crippen molar-refractivity contribution in [2.75, 3.05) is 16.7 Å². The van der Waals surface area contributed by atoms with Gasteiger partial charge >= 0.3 is 0 Å². The number of amides is 1. The number of anilines is 2. The molecule has 1 heterocycles. The molecule has 0 saturated heterocycles. The molecule has 1 amide bonds. The van der Waals surface area contributed by atoms with Crippen LogP contribution in [0.4, 0.5) is 11.4 Å². The molecule has 4 rings (SSSR count). The average molecular weight is 448 g/mol. The number of carbonyl (C=O) groups is 1. The zero-order valence-electron chi connectivity index (χ0n) is 17.5. The molecule has 0 atom stereocenters. The Kier molecular flexibility index (Phi) is 5.79. The third-order valence-electron chi connectivity index (χ3n) is 5.01. The summed E-state index contributed by atoms with van der Waals surface area (Å²) in [5, 5.41) is 2.78. The molecule has 0 aliphatic rings. The lowest BCUT2D eigenvalue weighted by Crippen LogP contribution is -2.26. The van der Waals surface area contributed by atoms with Gasteiger partial charge in [0.05, 0.1) is 16.8 Å². The van der Waals surface area contributed by atoms with Crippen LogP contribution in [0.25, 0.3) is 11.3 Å². The van der Waals surface area contributed by atoms with Gasteiger partial charge in [0.25, 0.3) is 15.9 Å². The molecule has 162 valence electrons. The SMILES string of the molecule is Cc1ccc(N(C)S(=O)(=O)c2cccc(C(=O)Nc3ccc(-c4cnco4)cc3)c2)cc1. The van der Waals surface area contributed by atoms with E-state index >= 15 is 0 Å². The standard InChI is InChI=1S/C24H21N3O4S/c1-17-6-12-21(13-7-17)27(2)32(29,30)22-5-3-4-19(14-22)24(28)26-20-10-8-18(9-11-20)23-15-25-16-31-23/h3-16H,1-2H3,(H,26,28). The number of hydrogen-bond donors (Lipinski definition) is 1. The number of aromatic nitrogens is 1. The van der Waals surface area contributed by atoms with E-state index in [0.717, 1.165) is 11.1 Å². The van der Waals surface area contributed by atoms with Gasteiger partial charge < -0.3 is 9.73 Å². The van der Waals surface area contributed by atoms with E-state index in [2.05, 4.69) is 10.3 Å². The average Bonchev–Trinajstić information content (AvgIpc) is 3.35. The number of rotatable bonds is 6. The van der Waals surface area contributed by atoms with Gasteiger partial charge in [-0.3, -0.25) is 9.10 Å². The van der Waals surface area contributed by atoms with E-state index in [4.69, 9.17) is 4.42 Å². The molecule has 0 radical (unpaired) electrons. The summed E-state index contributed by atoms with van der Waals surface area (Å²) in [6.45, 7) is 1.93. The molecule has 1 aromatic heterocycles. The predicted molar refractivity (Wildman–Crippen MR) is 123 cm³/mol. The minimum atomic E-state index is -3.83. The first-order valence-electron chi connectivity index (χ1n) is 9.80. The van der Waals surface area contributed by atoms with Crippen molar-refractivity contribution in [2.24, 2.45) is 0 Å². The smallest absolute Gasteiger partial charge is 0.264 e. The fourth-order valence-corrected chi connectivity index (χ4v) is 4.37. The van der Waals surface area contributed by atoms with Crippen molar-refractivity contribution in [1.82, 2.24) is 4.98 Å². The number of benzene rings is 3. The third kappa shape index (κ3) is 4.40. The molecule has 7 nitrogen and oxygen atoms in total. The Hall–Kier alpha value is -3.91. The van der Waals surface area contributed by atoms with Crippen molar-refractivity contribution in [3.8, 4) is 11.3 Å². The zero-order valence-corrected chi connectivity index (χ0v) is 18.3. The largest absolute Gasteiger partial charge is 0.444 e. The van der Waals surface area contributed by atoms with E-state index in [0.29, 0.717) is 17.1 Å². The van der Waals surface area contributed by atoms with Crippen molar-refractivity contribution >= 4 is 27.3 Å². The summed E-state index contributed by atoms with van der Waals surface area (Å²) < 4.78 is 32.6. The number of nitrogens with one attached hydrogen (secondary N) is 1. The van der Waals surface area contributed by atoms with Gasteiger partial charge in [0.2, 0.25) is 0 Å². The van der Waals surface area contributed by atoms with Gasteiger partial charge in [0.1, 0.15) is 0 Å². The molecular weight excluding hydrogens is 426 g/mol. The highest BCUT2D eigenvalue weighted by Crippen LogP contribution is 2.24. The van der Waals surface area contributed by atoms with E-state index < -0.39 is 15.9 Å². The second-order valence-corrected chi connectivity index (χ2v) is 9.20. The van der Waals surface area contributed by atoms with Crippen molar-refractivity contribution in [1.29, 1.82) is 0 Å². The van der Waals surface area contributed by atoms with Crippen molar-refractivity contribution in [3.63, 3.8) is 0 Å². The van der Waals surface area contributed by atoms with Crippen LogP contribution in [0.5, 0.6) is 0 Å². The third-order valence-corrected chi connectivity index (χ3v) is 6.79. The minimum Gasteiger partial charge on any atom is -0.444 e. The summed E-state index contributed by atoms with van der Waals surface area (Å²) >= 11 is 0. The number of carbonyl (C=O) groups excluding carboxylic acids is 1. The van der Waals surface area contributed by atoms with E-state index in [9.17, 15) is 13.2 Å². The second kappa shape index (κ2) is 8.68. The van der Waals surface area contributed by atoms with Crippen LogP contribution in [0.2, 0.25) is 0 Å². The predicted octanol–water partition coefficient (Wildman–Crippen LogP) is 4.73. The van der Waals surface area contributed by atoms with Crippen molar-refractivity contribution in [3.05, 3.63) is 96.5 Å². The molecule has 0 saturated carbocycles. The maximum Gasteiger partial charge on any atom is 0.264 e. The van der Waals surface area contributed by atoms with Gasteiger partial charge in [-0.25, -0.2) is 13.4 Å². The number of nitrogens with zero attached hydrogens (tertiary/aromatic N) is 2. The van der Waals surface area contributed by atoms with Gasteiger partial charge in [-0.1, -0.05) is 23.8 Å². The summed E-state index contributed by atoms with van der Waals surface area (Å²) in [6, 6.07) is 20.2. The summed E-state index contributed by atoms with van der Waals surface area (Å²) in [7, 11) is -2.34. The molecule has 0 fully saturated rings. The lowest BCUT2D eigenvalue weighted by molar-refractivity contribution is 0.102. The number of aryl methyl sites for hydroxylation is 1. The zero-order chi connectivity index (χ0) is 22.7. The molecule has 1 N–H and O–H groups in total. The van der Waals surface area contributed by atoms with Gasteiger partial charge in [0.15, 0.2) is 12.2 Å². The van der Waals surface area contributed by atoms with E-state index in [1.807, 2.05) is 19.1 Å². The number of sulfonamides is 1. The van der Waals surface area contributed by atoms with Gasteiger partial charge in [-0.2, -0.15) is 0 Å². The Balaban J connectivity index is 1.53. The maximum absolute atomic E-state index is 13.1. The monoisotopic (exact) mass is 447 g/mol. The highest BCUT2D eigenvalue weighted by molar-refractivity contribution is 7.92. The lowest BCUT2D eigenvalue weighted by Gasteiger charge is -2.20. The normalized spacial score (nSPS) is 11.2. The summed E-state index contributed by atoms with van der Waals surface area (Å²) in [5.41, 5.74) is 3.21. The Morgan fingerprint density at radius 1 is 1.00 bits per heavy atom. The van der Waals surface area contributed by atoms with Crippen LogP contribution >= 0.6 is 0 Å². The second-order valence-electron chi connectivity index (χ2n) is 7.23. The summed E-state index contributed by atoms with van der Waals surface area (Å²) in [4.78, 5) is 16.7. The maximum atomic E-state index is 13.1. The van der Waals surface area contributed by atoms with E-state index in [1.165, 1.54) is 29.9 Å². The fraction of sp³-hybridized carbons (Fsp3) is 0.0833. The van der Waals surface area contributed by atoms with Crippen LogP contribution in [-0.2, 0) is 10.0 Å². The number of oxazole rings is 1. The van der Waals surface area contributed by atoms with Crippen LogP contribution in [-0.4, -0.2) is 26.4 Å². The first-order valence-corrected chi connectivity index (χ1v) is 11.2. The first kappa shape index (κ1) is 21.3. The highest BCUT2D eigenvalue weighted by Gasteiger charge is 2.22. The molecule has 0 unspecified atom stereocenters. The van der Waals surface area contributed by atoms with Gasteiger partial charge in [0, 0.05) is 23.9 Å². The lowest BCUT2D eigenvalue weighted by atomic mass is 10.1. The number of hydrogen-bond acceptors (Lipinski definition) is 5. The summed E-state index contributed by atoms with van der Waals surface area (Å²) in [6.07, 6.45) is 2.95. The topological polar surface area (TPSA) is 92.5 Å². The molecule has 0 bridgehead atoms. The fourth-order valence-electron chi connectivity index (χ4n) is 3.13. The highest BCUT2D eigenvalue weighted by atomic mass is 32.2. The van der Waals surface area contributed by atoms with Crippen LogP contribution in [0, 0.1) is 6.92 Å². The summed E-state index contributed by atoms with van der Waals surface area (Å²) in [5.74, 6) is 0.214.